The van der Waals surface area contributed by atoms with E-state index in [1.54, 1.807) is 19.3 Å². The molecule has 0 aliphatic heterocycles. The second-order valence-corrected chi connectivity index (χ2v) is 7.64. The molecule has 0 unspecified atom stereocenters. The smallest absolute Gasteiger partial charge is 0.219 e. The zero-order chi connectivity index (χ0) is 23.5. The molecule has 0 saturated carbocycles. The summed E-state index contributed by atoms with van der Waals surface area (Å²) in [4.78, 5) is 16.8. The van der Waals surface area contributed by atoms with Gasteiger partial charge in [0.1, 0.15) is 17.7 Å². The molecule has 0 radical (unpaired) electrons. The molecule has 1 aromatic heterocycles. The van der Waals surface area contributed by atoms with Crippen molar-refractivity contribution in [2.45, 2.75) is 38.1 Å². The average molecular weight is 448 g/mol. The second kappa shape index (κ2) is 12.5. The number of rotatable bonds is 13. The van der Waals surface area contributed by atoms with Crippen LogP contribution in [0.25, 0.3) is 12.2 Å². The first-order valence-corrected chi connectivity index (χ1v) is 10.8. The van der Waals surface area contributed by atoms with E-state index in [0.717, 1.165) is 16.9 Å². The summed E-state index contributed by atoms with van der Waals surface area (Å²) in [6.45, 7) is 4.15. The van der Waals surface area contributed by atoms with Crippen molar-refractivity contribution < 1.29 is 23.8 Å². The number of nitrogens with zero attached hydrogens (tertiary/aromatic N) is 1. The molecular formula is C27H29NO5. The summed E-state index contributed by atoms with van der Waals surface area (Å²) in [7, 11) is 1.62. The third-order valence-electron chi connectivity index (χ3n) is 5.06. The Bertz CT molecular complexity index is 1040. The molecule has 0 spiro atoms. The quantitative estimate of drug-likeness (QED) is 0.281. The summed E-state index contributed by atoms with van der Waals surface area (Å²) < 4.78 is 16.5. The fraction of sp³-hybridized carbons (Fsp3) is 0.259. The molecule has 172 valence electrons. The molecule has 33 heavy (non-hydrogen) atoms. The molecule has 0 amide bonds. The van der Waals surface area contributed by atoms with E-state index in [-0.39, 0.29) is 24.0 Å². The third kappa shape index (κ3) is 7.86. The maximum atomic E-state index is 12.5. The number of benzene rings is 2. The van der Waals surface area contributed by atoms with Crippen molar-refractivity contribution in [1.29, 1.82) is 0 Å². The molecule has 2 atom stereocenters. The topological polar surface area (TPSA) is 81.8 Å². The van der Waals surface area contributed by atoms with E-state index in [1.165, 1.54) is 6.26 Å². The van der Waals surface area contributed by atoms with E-state index in [1.807, 2.05) is 60.7 Å². The van der Waals surface area contributed by atoms with Crippen molar-refractivity contribution >= 4 is 17.9 Å². The fourth-order valence-electron chi connectivity index (χ4n) is 3.28. The van der Waals surface area contributed by atoms with E-state index < -0.39 is 6.10 Å². The molecule has 6 heteroatoms. The van der Waals surface area contributed by atoms with Crippen LogP contribution in [0.3, 0.4) is 0 Å². The van der Waals surface area contributed by atoms with Crippen LogP contribution in [0.5, 0.6) is 5.75 Å². The van der Waals surface area contributed by atoms with Gasteiger partial charge in [0.2, 0.25) is 5.89 Å². The van der Waals surface area contributed by atoms with Crippen LogP contribution in [0, 0.1) is 0 Å². The van der Waals surface area contributed by atoms with Gasteiger partial charge in [-0.25, -0.2) is 4.98 Å². The van der Waals surface area contributed by atoms with Gasteiger partial charge in [0, 0.05) is 18.9 Å². The minimum atomic E-state index is -0.863. The van der Waals surface area contributed by atoms with E-state index in [0.29, 0.717) is 25.3 Å². The summed E-state index contributed by atoms with van der Waals surface area (Å²) >= 11 is 0. The van der Waals surface area contributed by atoms with E-state index in [2.05, 4.69) is 11.6 Å². The summed E-state index contributed by atoms with van der Waals surface area (Å²) in [5.74, 6) is 0.837. The monoisotopic (exact) mass is 447 g/mol. The highest BCUT2D eigenvalue weighted by Gasteiger charge is 2.20. The number of ketones is 1. The summed E-state index contributed by atoms with van der Waals surface area (Å²) in [5, 5.41) is 10.5. The lowest BCUT2D eigenvalue weighted by molar-refractivity contribution is 0.00494. The molecule has 1 N–H and O–H groups in total. The van der Waals surface area contributed by atoms with Crippen LogP contribution in [0.4, 0.5) is 0 Å². The Morgan fingerprint density at radius 2 is 1.91 bits per heavy atom. The van der Waals surface area contributed by atoms with Gasteiger partial charge in [-0.05, 0) is 35.8 Å². The van der Waals surface area contributed by atoms with Gasteiger partial charge in [-0.2, -0.15) is 0 Å². The Morgan fingerprint density at radius 3 is 2.61 bits per heavy atom. The van der Waals surface area contributed by atoms with Gasteiger partial charge in [0.25, 0.3) is 0 Å². The number of ether oxygens (including phenoxy) is 2. The van der Waals surface area contributed by atoms with Gasteiger partial charge in [-0.15, -0.1) is 6.58 Å². The lowest BCUT2D eigenvalue weighted by Gasteiger charge is -2.19. The number of aliphatic hydroxyl groups excluding tert-OH is 1. The predicted molar refractivity (Wildman–Crippen MR) is 128 cm³/mol. The standard InChI is InChI=1S/C27H29NO5/c1-3-7-24(32-18-21-10-13-23(31-2)14-11-21)16-22(29)17-26(30)25-19-33-27(28-25)15-12-20-8-5-4-6-9-20/h3-6,8-15,19,22,24,29H,1,7,16-18H2,2H3/b15-12+/t22-,24+/m1/s1. The molecular weight excluding hydrogens is 418 g/mol. The van der Waals surface area contributed by atoms with Crippen LogP contribution in [-0.4, -0.2) is 35.2 Å². The van der Waals surface area contributed by atoms with Crippen molar-refractivity contribution in [3.8, 4) is 5.75 Å². The zero-order valence-corrected chi connectivity index (χ0v) is 18.7. The van der Waals surface area contributed by atoms with E-state index in [9.17, 15) is 9.90 Å². The molecule has 1 heterocycles. The van der Waals surface area contributed by atoms with Crippen molar-refractivity contribution in [2.24, 2.45) is 0 Å². The van der Waals surface area contributed by atoms with Crippen LogP contribution in [0.15, 0.2) is 77.9 Å². The number of oxazole rings is 1. The minimum Gasteiger partial charge on any atom is -0.497 e. The third-order valence-corrected chi connectivity index (χ3v) is 5.06. The summed E-state index contributed by atoms with van der Waals surface area (Å²) in [5.41, 5.74) is 2.19. The van der Waals surface area contributed by atoms with Crippen LogP contribution in [0.1, 0.15) is 46.8 Å². The largest absolute Gasteiger partial charge is 0.497 e. The van der Waals surface area contributed by atoms with Crippen molar-refractivity contribution in [2.75, 3.05) is 7.11 Å². The highest BCUT2D eigenvalue weighted by Crippen LogP contribution is 2.18. The number of carbonyl (C=O) groups excluding carboxylic acids is 1. The van der Waals surface area contributed by atoms with Gasteiger partial charge in [-0.3, -0.25) is 4.79 Å². The maximum absolute atomic E-state index is 12.5. The second-order valence-electron chi connectivity index (χ2n) is 7.64. The van der Waals surface area contributed by atoms with Crippen LogP contribution >= 0.6 is 0 Å². The van der Waals surface area contributed by atoms with Gasteiger partial charge >= 0.3 is 0 Å². The number of aromatic nitrogens is 1. The Morgan fingerprint density at radius 1 is 1.15 bits per heavy atom. The van der Waals surface area contributed by atoms with Gasteiger partial charge in [0.15, 0.2) is 5.78 Å². The van der Waals surface area contributed by atoms with Gasteiger partial charge < -0.3 is 19.0 Å². The van der Waals surface area contributed by atoms with E-state index in [4.69, 9.17) is 13.9 Å². The minimum absolute atomic E-state index is 0.0616. The van der Waals surface area contributed by atoms with Crippen molar-refractivity contribution in [3.05, 3.63) is 96.2 Å². The lowest BCUT2D eigenvalue weighted by Crippen LogP contribution is -2.23. The number of aliphatic hydroxyl groups is 1. The Balaban J connectivity index is 1.50. The average Bonchev–Trinajstić information content (AvgIpc) is 3.32. The molecule has 0 bridgehead atoms. The SMILES string of the molecule is C=CC[C@@H](C[C@@H](O)CC(=O)c1coc(/C=C/c2ccccc2)n1)OCc1ccc(OC)cc1. The first-order chi connectivity index (χ1) is 16.1. The Kier molecular flexibility index (Phi) is 9.18. The first-order valence-electron chi connectivity index (χ1n) is 10.8. The van der Waals surface area contributed by atoms with Crippen molar-refractivity contribution in [3.63, 3.8) is 0 Å². The molecule has 0 aliphatic carbocycles. The fourth-order valence-corrected chi connectivity index (χ4v) is 3.28. The number of hydrogen-bond acceptors (Lipinski definition) is 6. The highest BCUT2D eigenvalue weighted by molar-refractivity contribution is 5.94. The molecule has 0 aliphatic rings. The molecule has 2 aromatic carbocycles. The number of carbonyl (C=O) groups is 1. The van der Waals surface area contributed by atoms with Gasteiger partial charge in [0.05, 0.1) is 25.9 Å². The molecule has 3 aromatic rings. The first kappa shape index (κ1) is 24.2. The van der Waals surface area contributed by atoms with Crippen LogP contribution in [0.2, 0.25) is 0 Å². The van der Waals surface area contributed by atoms with Crippen LogP contribution in [-0.2, 0) is 11.3 Å². The Labute approximate surface area is 194 Å². The predicted octanol–water partition coefficient (Wildman–Crippen LogP) is 5.34. The van der Waals surface area contributed by atoms with Crippen molar-refractivity contribution in [1.82, 2.24) is 4.98 Å². The van der Waals surface area contributed by atoms with E-state index >= 15 is 0 Å². The number of hydrogen-bond donors (Lipinski definition) is 1. The summed E-state index contributed by atoms with van der Waals surface area (Å²) in [6, 6.07) is 17.3. The number of methoxy groups -OCH3 is 1. The Hall–Kier alpha value is -3.48. The molecule has 0 fully saturated rings. The highest BCUT2D eigenvalue weighted by atomic mass is 16.5. The number of Topliss-reactive ketones (excluding diaryl/α,β-unsaturated/α-hetero) is 1. The normalized spacial score (nSPS) is 13.0. The van der Waals surface area contributed by atoms with Gasteiger partial charge in [-0.1, -0.05) is 48.5 Å². The summed E-state index contributed by atoms with van der Waals surface area (Å²) in [6.07, 6.45) is 6.33. The maximum Gasteiger partial charge on any atom is 0.219 e. The molecule has 0 saturated heterocycles. The molecule has 3 rings (SSSR count). The van der Waals surface area contributed by atoms with Crippen LogP contribution < -0.4 is 4.74 Å². The molecule has 6 nitrogen and oxygen atoms in total. The lowest BCUT2D eigenvalue weighted by atomic mass is 10.0. The zero-order valence-electron chi connectivity index (χ0n) is 18.7.